The molecule has 3 rings (SSSR count). The number of aliphatic hydroxyl groups is 1. The first-order valence-corrected chi connectivity index (χ1v) is 8.45. The second kappa shape index (κ2) is 7.34. The number of anilines is 1. The minimum absolute atomic E-state index is 0.00438. The number of aryl methyl sites for hydroxylation is 1. The third kappa shape index (κ3) is 3.61. The van der Waals surface area contributed by atoms with Crippen LogP contribution in [0, 0.1) is 6.92 Å². The van der Waals surface area contributed by atoms with Gasteiger partial charge in [-0.1, -0.05) is 41.9 Å². The predicted molar refractivity (Wildman–Crippen MR) is 96.4 cm³/mol. The van der Waals surface area contributed by atoms with Gasteiger partial charge in [0.2, 0.25) is 5.91 Å². The molecule has 1 amide bonds. The van der Waals surface area contributed by atoms with Gasteiger partial charge < -0.3 is 10.4 Å². The molecule has 0 spiro atoms. The third-order valence-electron chi connectivity index (χ3n) is 4.44. The van der Waals surface area contributed by atoms with Crippen LogP contribution in [0.25, 0.3) is 0 Å². The van der Waals surface area contributed by atoms with Gasteiger partial charge in [-0.2, -0.15) is 0 Å². The number of nitrogens with one attached hydrogen (secondary N) is 1. The second-order valence-corrected chi connectivity index (χ2v) is 6.56. The van der Waals surface area contributed by atoms with Crippen LogP contribution in [0.1, 0.15) is 22.7 Å². The number of nitrogens with zero attached hydrogens (tertiary/aromatic N) is 1. The molecule has 0 bridgehead atoms. The lowest BCUT2D eigenvalue weighted by Crippen LogP contribution is -2.42. The summed E-state index contributed by atoms with van der Waals surface area (Å²) in [5, 5.41) is 13.2. The number of carbonyl (C=O) groups excluding carboxylic acids is 1. The molecule has 2 N–H and O–H groups in total. The van der Waals surface area contributed by atoms with Crippen molar-refractivity contribution in [2.45, 2.75) is 19.4 Å². The Morgan fingerprint density at radius 2 is 2.12 bits per heavy atom. The van der Waals surface area contributed by atoms with Gasteiger partial charge in [-0.15, -0.1) is 0 Å². The molecular weight excluding hydrogens is 324 g/mol. The molecule has 0 aromatic heterocycles. The molecule has 2 aromatic carbocycles. The molecule has 0 saturated carbocycles. The van der Waals surface area contributed by atoms with E-state index in [4.69, 9.17) is 11.6 Å². The summed E-state index contributed by atoms with van der Waals surface area (Å²) in [7, 11) is 0. The van der Waals surface area contributed by atoms with Crippen molar-refractivity contribution in [3.05, 3.63) is 64.2 Å². The Bertz CT molecular complexity index is 748. The Morgan fingerprint density at radius 1 is 1.33 bits per heavy atom. The molecule has 1 atom stereocenters. The van der Waals surface area contributed by atoms with Crippen LogP contribution in [0.15, 0.2) is 42.5 Å². The fourth-order valence-corrected chi connectivity index (χ4v) is 3.48. The van der Waals surface area contributed by atoms with Crippen molar-refractivity contribution in [3.63, 3.8) is 0 Å². The Labute approximate surface area is 147 Å². The van der Waals surface area contributed by atoms with E-state index in [1.807, 2.05) is 48.2 Å². The van der Waals surface area contributed by atoms with Gasteiger partial charge in [-0.25, -0.2) is 0 Å². The maximum absolute atomic E-state index is 12.4. The quantitative estimate of drug-likeness (QED) is 0.895. The fraction of sp³-hybridized carbons (Fsp3) is 0.316. The lowest BCUT2D eigenvalue weighted by Gasteiger charge is -2.35. The number of carbonyl (C=O) groups is 1. The van der Waals surface area contributed by atoms with Gasteiger partial charge in [0.15, 0.2) is 0 Å². The molecule has 2 aromatic rings. The molecule has 0 fully saturated rings. The van der Waals surface area contributed by atoms with Gasteiger partial charge in [-0.3, -0.25) is 9.69 Å². The van der Waals surface area contributed by atoms with Crippen molar-refractivity contribution in [1.29, 1.82) is 0 Å². The molecular formula is C19H21ClN2O2. The van der Waals surface area contributed by atoms with Gasteiger partial charge in [0.05, 0.1) is 29.9 Å². The van der Waals surface area contributed by atoms with Gasteiger partial charge >= 0.3 is 0 Å². The summed E-state index contributed by atoms with van der Waals surface area (Å²) in [4.78, 5) is 14.4. The number of halogens is 1. The van der Waals surface area contributed by atoms with Gasteiger partial charge in [0.1, 0.15) is 0 Å². The number of rotatable bonds is 4. The standard InChI is InChI=1S/C19H21ClN2O2/c1-13-6-7-17(16(20)10-13)21-19(24)11-22-9-8-14-4-2-3-5-15(14)18(22)12-23/h2-7,10,18,23H,8-9,11-12H2,1H3,(H,21,24). The van der Waals surface area contributed by atoms with Gasteiger partial charge in [-0.05, 0) is 42.2 Å². The van der Waals surface area contributed by atoms with Gasteiger partial charge in [0.25, 0.3) is 0 Å². The Morgan fingerprint density at radius 3 is 2.88 bits per heavy atom. The Hall–Kier alpha value is -1.88. The first kappa shape index (κ1) is 17.0. The summed E-state index contributed by atoms with van der Waals surface area (Å²) in [6.45, 7) is 2.92. The lowest BCUT2D eigenvalue weighted by atomic mass is 9.93. The van der Waals surface area contributed by atoms with Crippen molar-refractivity contribution < 1.29 is 9.90 Å². The van der Waals surface area contributed by atoms with E-state index in [1.165, 1.54) is 5.56 Å². The molecule has 1 heterocycles. The van der Waals surface area contributed by atoms with Crippen molar-refractivity contribution in [3.8, 4) is 0 Å². The minimum Gasteiger partial charge on any atom is -0.394 e. The molecule has 1 unspecified atom stereocenters. The highest BCUT2D eigenvalue weighted by Gasteiger charge is 2.27. The van der Waals surface area contributed by atoms with E-state index in [0.29, 0.717) is 10.7 Å². The summed E-state index contributed by atoms with van der Waals surface area (Å²) in [5.41, 5.74) is 4.01. The topological polar surface area (TPSA) is 52.6 Å². The van der Waals surface area contributed by atoms with Crippen molar-refractivity contribution >= 4 is 23.2 Å². The van der Waals surface area contributed by atoms with E-state index < -0.39 is 0 Å². The summed E-state index contributed by atoms with van der Waals surface area (Å²) in [5.74, 6) is -0.126. The average Bonchev–Trinajstić information content (AvgIpc) is 2.57. The molecule has 1 aliphatic rings. The molecule has 0 aliphatic carbocycles. The number of fused-ring (bicyclic) bond motifs is 1. The van der Waals surface area contributed by atoms with Crippen LogP contribution in [0.4, 0.5) is 5.69 Å². The van der Waals surface area contributed by atoms with E-state index in [2.05, 4.69) is 11.4 Å². The third-order valence-corrected chi connectivity index (χ3v) is 4.75. The van der Waals surface area contributed by atoms with E-state index in [9.17, 15) is 9.90 Å². The van der Waals surface area contributed by atoms with Crippen LogP contribution in [0.2, 0.25) is 5.02 Å². The minimum atomic E-state index is -0.144. The van der Waals surface area contributed by atoms with Crippen LogP contribution in [0.3, 0.4) is 0 Å². The Balaban J connectivity index is 1.70. The Kier molecular flexibility index (Phi) is 5.19. The fourth-order valence-electron chi connectivity index (χ4n) is 3.20. The lowest BCUT2D eigenvalue weighted by molar-refractivity contribution is -0.118. The van der Waals surface area contributed by atoms with Crippen LogP contribution >= 0.6 is 11.6 Å². The van der Waals surface area contributed by atoms with E-state index in [-0.39, 0.29) is 25.1 Å². The first-order valence-electron chi connectivity index (χ1n) is 8.07. The average molecular weight is 345 g/mol. The molecule has 4 nitrogen and oxygen atoms in total. The van der Waals surface area contributed by atoms with Crippen LogP contribution < -0.4 is 5.32 Å². The molecule has 126 valence electrons. The number of amides is 1. The SMILES string of the molecule is Cc1ccc(NC(=O)CN2CCc3ccccc3C2CO)c(Cl)c1. The van der Waals surface area contributed by atoms with Crippen molar-refractivity contribution in [2.24, 2.45) is 0 Å². The molecule has 0 saturated heterocycles. The van der Waals surface area contributed by atoms with Crippen molar-refractivity contribution in [2.75, 3.05) is 25.0 Å². The summed E-state index contributed by atoms with van der Waals surface area (Å²) < 4.78 is 0. The van der Waals surface area contributed by atoms with E-state index in [1.54, 1.807) is 0 Å². The normalized spacial score (nSPS) is 17.4. The second-order valence-electron chi connectivity index (χ2n) is 6.15. The number of benzene rings is 2. The van der Waals surface area contributed by atoms with E-state index in [0.717, 1.165) is 24.1 Å². The maximum Gasteiger partial charge on any atom is 0.238 e. The highest BCUT2D eigenvalue weighted by atomic mass is 35.5. The molecule has 1 aliphatic heterocycles. The van der Waals surface area contributed by atoms with Crippen molar-refractivity contribution in [1.82, 2.24) is 4.90 Å². The summed E-state index contributed by atoms with van der Waals surface area (Å²) >= 11 is 6.17. The van der Waals surface area contributed by atoms with Crippen LogP contribution in [0.5, 0.6) is 0 Å². The number of aliphatic hydroxyl groups excluding tert-OH is 1. The van der Waals surface area contributed by atoms with Crippen LogP contribution in [-0.4, -0.2) is 35.6 Å². The molecule has 0 radical (unpaired) electrons. The zero-order chi connectivity index (χ0) is 17.1. The summed E-state index contributed by atoms with van der Waals surface area (Å²) in [6, 6.07) is 13.5. The smallest absolute Gasteiger partial charge is 0.238 e. The predicted octanol–water partition coefficient (Wildman–Crippen LogP) is 3.18. The summed E-state index contributed by atoms with van der Waals surface area (Å²) in [6.07, 6.45) is 0.880. The largest absolute Gasteiger partial charge is 0.394 e. The number of hydrogen-bond donors (Lipinski definition) is 2. The number of hydrogen-bond acceptors (Lipinski definition) is 3. The maximum atomic E-state index is 12.4. The first-order chi connectivity index (χ1) is 11.6. The zero-order valence-electron chi connectivity index (χ0n) is 13.6. The highest BCUT2D eigenvalue weighted by molar-refractivity contribution is 6.33. The molecule has 5 heteroatoms. The zero-order valence-corrected chi connectivity index (χ0v) is 14.4. The monoisotopic (exact) mass is 344 g/mol. The highest BCUT2D eigenvalue weighted by Crippen LogP contribution is 2.29. The molecule has 24 heavy (non-hydrogen) atoms. The van der Waals surface area contributed by atoms with Gasteiger partial charge in [0, 0.05) is 6.54 Å². The van der Waals surface area contributed by atoms with Crippen LogP contribution in [-0.2, 0) is 11.2 Å². The van der Waals surface area contributed by atoms with E-state index >= 15 is 0 Å².